The van der Waals surface area contributed by atoms with Crippen molar-refractivity contribution in [1.82, 2.24) is 5.32 Å². The number of benzene rings is 1. The minimum absolute atomic E-state index is 0.345. The molecule has 1 aliphatic rings. The molecule has 1 N–H and O–H groups in total. The summed E-state index contributed by atoms with van der Waals surface area (Å²) in [4.78, 5) is 1.09. The van der Waals surface area contributed by atoms with Gasteiger partial charge in [-0.1, -0.05) is 37.0 Å². The first-order chi connectivity index (χ1) is 8.44. The van der Waals surface area contributed by atoms with Crippen LogP contribution in [0.15, 0.2) is 23.1 Å². The fourth-order valence-electron chi connectivity index (χ4n) is 2.77. The minimum atomic E-state index is 0.345. The summed E-state index contributed by atoms with van der Waals surface area (Å²) >= 11 is 14.1. The minimum Gasteiger partial charge on any atom is -0.315 e. The van der Waals surface area contributed by atoms with Gasteiger partial charge in [-0.15, -0.1) is 11.8 Å². The standard InChI is InChI=1S/C14H19Cl2NS/c1-14(2)7-6-11(13(14)17-3)18-12-8-9(15)4-5-10(12)16/h4-5,8,11,13,17H,6-7H2,1-3H3. The van der Waals surface area contributed by atoms with Crippen molar-refractivity contribution in [3.8, 4) is 0 Å². The quantitative estimate of drug-likeness (QED) is 0.855. The highest BCUT2D eigenvalue weighted by molar-refractivity contribution is 8.00. The summed E-state index contributed by atoms with van der Waals surface area (Å²) in [5.41, 5.74) is 0.345. The van der Waals surface area contributed by atoms with Crippen molar-refractivity contribution in [2.75, 3.05) is 7.05 Å². The van der Waals surface area contributed by atoms with Crippen molar-refractivity contribution >= 4 is 35.0 Å². The molecular weight excluding hydrogens is 285 g/mol. The van der Waals surface area contributed by atoms with Crippen molar-refractivity contribution in [3.05, 3.63) is 28.2 Å². The first kappa shape index (κ1) is 14.5. The fourth-order valence-corrected chi connectivity index (χ4v) is 4.84. The molecule has 2 rings (SSSR count). The summed E-state index contributed by atoms with van der Waals surface area (Å²) < 4.78 is 0. The van der Waals surface area contributed by atoms with Crippen LogP contribution in [-0.2, 0) is 0 Å². The van der Waals surface area contributed by atoms with Gasteiger partial charge in [0.15, 0.2) is 0 Å². The van der Waals surface area contributed by atoms with Gasteiger partial charge >= 0.3 is 0 Å². The van der Waals surface area contributed by atoms with Crippen molar-refractivity contribution < 1.29 is 0 Å². The van der Waals surface area contributed by atoms with Crippen LogP contribution in [0.1, 0.15) is 26.7 Å². The van der Waals surface area contributed by atoms with Crippen LogP contribution in [0.3, 0.4) is 0 Å². The summed E-state index contributed by atoms with van der Waals surface area (Å²) in [6, 6.07) is 6.19. The zero-order valence-corrected chi connectivity index (χ0v) is 13.3. The number of thioether (sulfide) groups is 1. The van der Waals surface area contributed by atoms with Crippen LogP contribution in [0.2, 0.25) is 10.0 Å². The Balaban J connectivity index is 2.17. The van der Waals surface area contributed by atoms with Crippen LogP contribution in [-0.4, -0.2) is 18.3 Å². The molecule has 0 saturated heterocycles. The fraction of sp³-hybridized carbons (Fsp3) is 0.571. The van der Waals surface area contributed by atoms with E-state index in [9.17, 15) is 0 Å². The summed E-state index contributed by atoms with van der Waals surface area (Å²) in [5.74, 6) is 0. The molecule has 1 nitrogen and oxygen atoms in total. The first-order valence-electron chi connectivity index (χ1n) is 6.23. The van der Waals surface area contributed by atoms with E-state index in [0.29, 0.717) is 16.7 Å². The van der Waals surface area contributed by atoms with Crippen LogP contribution in [0.4, 0.5) is 0 Å². The maximum Gasteiger partial charge on any atom is 0.0543 e. The lowest BCUT2D eigenvalue weighted by molar-refractivity contribution is 0.300. The number of halogens is 2. The maximum atomic E-state index is 6.24. The topological polar surface area (TPSA) is 12.0 Å². The number of hydrogen-bond donors (Lipinski definition) is 1. The van der Waals surface area contributed by atoms with Gasteiger partial charge in [0.1, 0.15) is 0 Å². The lowest BCUT2D eigenvalue weighted by atomic mass is 9.87. The summed E-state index contributed by atoms with van der Waals surface area (Å²) in [7, 11) is 2.05. The van der Waals surface area contributed by atoms with Crippen molar-refractivity contribution in [2.45, 2.75) is 42.9 Å². The molecule has 2 atom stereocenters. The van der Waals surface area contributed by atoms with Gasteiger partial charge in [-0.25, -0.2) is 0 Å². The highest BCUT2D eigenvalue weighted by Gasteiger charge is 2.41. The highest BCUT2D eigenvalue weighted by atomic mass is 35.5. The molecule has 0 amide bonds. The molecule has 18 heavy (non-hydrogen) atoms. The van der Waals surface area contributed by atoms with Gasteiger partial charge in [0.25, 0.3) is 0 Å². The van der Waals surface area contributed by atoms with Crippen molar-refractivity contribution in [1.29, 1.82) is 0 Å². The normalized spacial score (nSPS) is 26.5. The molecule has 1 fully saturated rings. The zero-order valence-electron chi connectivity index (χ0n) is 11.0. The molecule has 0 heterocycles. The van der Waals surface area contributed by atoms with E-state index in [2.05, 4.69) is 19.2 Å². The first-order valence-corrected chi connectivity index (χ1v) is 7.86. The largest absolute Gasteiger partial charge is 0.315 e. The Kier molecular flexibility index (Phi) is 4.53. The maximum absolute atomic E-state index is 6.24. The van der Waals surface area contributed by atoms with E-state index in [-0.39, 0.29) is 0 Å². The van der Waals surface area contributed by atoms with Gasteiger partial charge in [0.05, 0.1) is 5.02 Å². The summed E-state index contributed by atoms with van der Waals surface area (Å²) in [6.07, 6.45) is 2.46. The molecule has 1 aromatic rings. The van der Waals surface area contributed by atoms with E-state index in [4.69, 9.17) is 23.2 Å². The van der Waals surface area contributed by atoms with Gasteiger partial charge in [0.2, 0.25) is 0 Å². The molecule has 2 unspecified atom stereocenters. The van der Waals surface area contributed by atoms with Gasteiger partial charge in [0, 0.05) is 21.2 Å². The van der Waals surface area contributed by atoms with Crippen LogP contribution in [0, 0.1) is 5.41 Å². The molecule has 1 aliphatic carbocycles. The third kappa shape index (κ3) is 2.98. The molecule has 0 aromatic heterocycles. The van der Waals surface area contributed by atoms with Crippen molar-refractivity contribution in [2.24, 2.45) is 5.41 Å². The summed E-state index contributed by atoms with van der Waals surface area (Å²) in [5, 5.41) is 5.56. The summed E-state index contributed by atoms with van der Waals surface area (Å²) in [6.45, 7) is 4.66. The molecule has 0 spiro atoms. The Morgan fingerprint density at radius 1 is 1.33 bits per heavy atom. The van der Waals surface area contributed by atoms with E-state index in [1.54, 1.807) is 0 Å². The number of hydrogen-bond acceptors (Lipinski definition) is 2. The SMILES string of the molecule is CNC1C(Sc2cc(Cl)ccc2Cl)CCC1(C)C. The van der Waals surface area contributed by atoms with E-state index >= 15 is 0 Å². The smallest absolute Gasteiger partial charge is 0.0543 e. The average molecular weight is 304 g/mol. The molecular formula is C14H19Cl2NS. The Labute approximate surface area is 124 Å². The van der Waals surface area contributed by atoms with Gasteiger partial charge in [-0.3, -0.25) is 0 Å². The molecule has 100 valence electrons. The molecule has 1 saturated carbocycles. The zero-order chi connectivity index (χ0) is 13.3. The monoisotopic (exact) mass is 303 g/mol. The van der Waals surface area contributed by atoms with Gasteiger partial charge in [-0.2, -0.15) is 0 Å². The van der Waals surface area contributed by atoms with Crippen LogP contribution < -0.4 is 5.32 Å². The second-order valence-corrected chi connectivity index (χ2v) is 7.65. The van der Waals surface area contributed by atoms with Crippen LogP contribution in [0.5, 0.6) is 0 Å². The molecule has 0 aliphatic heterocycles. The van der Waals surface area contributed by atoms with E-state index in [1.807, 2.05) is 37.0 Å². The lowest BCUT2D eigenvalue weighted by Crippen LogP contribution is -2.41. The second-order valence-electron chi connectivity index (χ2n) is 5.52. The third-order valence-electron chi connectivity index (χ3n) is 3.77. The number of rotatable bonds is 3. The van der Waals surface area contributed by atoms with Gasteiger partial charge in [-0.05, 0) is 43.5 Å². The predicted molar refractivity (Wildman–Crippen MR) is 82.0 cm³/mol. The molecule has 0 radical (unpaired) electrons. The average Bonchev–Trinajstić information content (AvgIpc) is 2.58. The van der Waals surface area contributed by atoms with Crippen LogP contribution >= 0.6 is 35.0 Å². The molecule has 1 aromatic carbocycles. The molecule has 0 bridgehead atoms. The van der Waals surface area contributed by atoms with Gasteiger partial charge < -0.3 is 5.32 Å². The lowest BCUT2D eigenvalue weighted by Gasteiger charge is -2.30. The van der Waals surface area contributed by atoms with E-state index in [1.165, 1.54) is 12.8 Å². The van der Waals surface area contributed by atoms with E-state index in [0.717, 1.165) is 14.9 Å². The third-order valence-corrected chi connectivity index (χ3v) is 5.85. The van der Waals surface area contributed by atoms with Crippen molar-refractivity contribution in [3.63, 3.8) is 0 Å². The Bertz CT molecular complexity index is 434. The Morgan fingerprint density at radius 3 is 2.72 bits per heavy atom. The molecule has 4 heteroatoms. The highest BCUT2D eigenvalue weighted by Crippen LogP contribution is 2.46. The Morgan fingerprint density at radius 2 is 2.06 bits per heavy atom. The van der Waals surface area contributed by atoms with E-state index < -0.39 is 0 Å². The predicted octanol–water partition coefficient (Wildman–Crippen LogP) is 4.86. The number of nitrogens with one attached hydrogen (secondary N) is 1. The van der Waals surface area contributed by atoms with Crippen LogP contribution in [0.25, 0.3) is 0 Å². The second kappa shape index (κ2) is 5.62. The Hall–Kier alpha value is 0.110.